The number of nitrogens with one attached hydrogen (secondary N) is 2. The molecule has 0 fully saturated rings. The van der Waals surface area contributed by atoms with Crippen molar-refractivity contribution in [3.63, 3.8) is 0 Å². The molecule has 12 heteroatoms. The second kappa shape index (κ2) is 10.8. The number of aromatic nitrogens is 1. The maximum Gasteiger partial charge on any atom is 0.350 e. The molecule has 0 saturated carbocycles. The Morgan fingerprint density at radius 1 is 1.11 bits per heavy atom. The predicted molar refractivity (Wildman–Crippen MR) is 139 cm³/mol. The molecule has 0 saturated heterocycles. The van der Waals surface area contributed by atoms with Crippen molar-refractivity contribution in [1.82, 2.24) is 4.98 Å². The topological polar surface area (TPSA) is 127 Å². The lowest BCUT2D eigenvalue weighted by atomic mass is 10.2. The number of ether oxygens (including phenoxy) is 2. The Morgan fingerprint density at radius 2 is 1.86 bits per heavy atom. The molecule has 2 aromatic carbocycles. The zero-order chi connectivity index (χ0) is 26.7. The molecule has 1 aliphatic rings. The molecule has 1 aromatic heterocycles. The highest BCUT2D eigenvalue weighted by Crippen LogP contribution is 2.32. The highest BCUT2D eigenvalue weighted by atomic mass is 35.5. The number of anilines is 3. The van der Waals surface area contributed by atoms with Crippen molar-refractivity contribution in [2.45, 2.75) is 13.8 Å². The number of methoxy groups -OCH3 is 1. The molecule has 37 heavy (non-hydrogen) atoms. The van der Waals surface area contributed by atoms with Gasteiger partial charge in [0.25, 0.3) is 17.7 Å². The number of thiazole rings is 1. The van der Waals surface area contributed by atoms with Gasteiger partial charge in [-0.3, -0.25) is 19.7 Å². The van der Waals surface area contributed by atoms with Gasteiger partial charge in [0.15, 0.2) is 5.13 Å². The second-order valence-electron chi connectivity index (χ2n) is 7.65. The Morgan fingerprint density at radius 3 is 2.59 bits per heavy atom. The summed E-state index contributed by atoms with van der Waals surface area (Å²) in [6, 6.07) is 12.7. The number of carbonyl (C=O) groups is 4. The van der Waals surface area contributed by atoms with E-state index in [1.807, 2.05) is 0 Å². The van der Waals surface area contributed by atoms with Crippen molar-refractivity contribution in [1.29, 1.82) is 0 Å². The van der Waals surface area contributed by atoms with Gasteiger partial charge in [-0.25, -0.2) is 14.7 Å². The lowest BCUT2D eigenvalue weighted by Gasteiger charge is -2.16. The molecular formula is C25H21ClN4O6S. The van der Waals surface area contributed by atoms with Crippen molar-refractivity contribution in [3.8, 4) is 5.75 Å². The maximum absolute atomic E-state index is 13.1. The van der Waals surface area contributed by atoms with Gasteiger partial charge >= 0.3 is 5.97 Å². The van der Waals surface area contributed by atoms with Crippen LogP contribution < -0.4 is 20.3 Å². The third kappa shape index (κ3) is 5.32. The molecule has 0 radical (unpaired) electrons. The highest BCUT2D eigenvalue weighted by molar-refractivity contribution is 7.17. The zero-order valence-corrected chi connectivity index (χ0v) is 21.5. The summed E-state index contributed by atoms with van der Waals surface area (Å²) in [4.78, 5) is 56.1. The SMILES string of the molecule is CCOC(=O)c1sc(NC(=O)c2cccc(NC3=C(Cl)C(=O)N(c4cccc(OC)c4)C3=O)c2)nc1C. The number of imide groups is 1. The van der Waals surface area contributed by atoms with Gasteiger partial charge in [-0.15, -0.1) is 0 Å². The van der Waals surface area contributed by atoms with Crippen molar-refractivity contribution < 1.29 is 28.7 Å². The number of carbonyl (C=O) groups excluding carboxylic acids is 4. The van der Waals surface area contributed by atoms with E-state index in [1.165, 1.54) is 13.2 Å². The lowest BCUT2D eigenvalue weighted by Crippen LogP contribution is -2.32. The van der Waals surface area contributed by atoms with Crippen LogP contribution in [0.25, 0.3) is 0 Å². The summed E-state index contributed by atoms with van der Waals surface area (Å²) in [6.45, 7) is 3.57. The quantitative estimate of drug-likeness (QED) is 0.319. The third-order valence-electron chi connectivity index (χ3n) is 5.21. The number of amides is 3. The average Bonchev–Trinajstić information content (AvgIpc) is 3.35. The first-order valence-electron chi connectivity index (χ1n) is 11.0. The first-order valence-corrected chi connectivity index (χ1v) is 12.2. The van der Waals surface area contributed by atoms with E-state index in [2.05, 4.69) is 15.6 Å². The molecule has 190 valence electrons. The van der Waals surface area contributed by atoms with E-state index in [4.69, 9.17) is 21.1 Å². The van der Waals surface area contributed by atoms with Crippen LogP contribution in [0.3, 0.4) is 0 Å². The number of halogens is 1. The lowest BCUT2D eigenvalue weighted by molar-refractivity contribution is -0.120. The van der Waals surface area contributed by atoms with Gasteiger partial charge in [0.1, 0.15) is 21.4 Å². The Labute approximate surface area is 220 Å². The Balaban J connectivity index is 1.51. The number of hydrogen-bond acceptors (Lipinski definition) is 9. The standard InChI is InChI=1S/C25H21ClN4O6S/c1-4-36-24(34)20-13(2)27-25(37-20)29-21(31)14-7-5-8-15(11-14)28-19-18(26)22(32)30(23(19)33)16-9-6-10-17(12-16)35-3/h5-12,28H,4H2,1-3H3,(H,27,29,31). The van der Waals surface area contributed by atoms with E-state index in [9.17, 15) is 19.2 Å². The fourth-order valence-electron chi connectivity index (χ4n) is 3.48. The molecule has 2 heterocycles. The predicted octanol–water partition coefficient (Wildman–Crippen LogP) is 4.32. The summed E-state index contributed by atoms with van der Waals surface area (Å²) in [5.41, 5.74) is 1.23. The van der Waals surface area contributed by atoms with E-state index in [1.54, 1.807) is 56.3 Å². The summed E-state index contributed by atoms with van der Waals surface area (Å²) in [6.07, 6.45) is 0. The van der Waals surface area contributed by atoms with Crippen molar-refractivity contribution >= 4 is 63.1 Å². The molecule has 2 N–H and O–H groups in total. The number of benzene rings is 2. The highest BCUT2D eigenvalue weighted by Gasteiger charge is 2.39. The first kappa shape index (κ1) is 25.9. The van der Waals surface area contributed by atoms with E-state index >= 15 is 0 Å². The number of esters is 1. The number of hydrogen-bond donors (Lipinski definition) is 2. The van der Waals surface area contributed by atoms with Crippen molar-refractivity contribution in [3.05, 3.63) is 75.4 Å². The van der Waals surface area contributed by atoms with Crippen LogP contribution in [0.2, 0.25) is 0 Å². The minimum Gasteiger partial charge on any atom is -0.497 e. The van der Waals surface area contributed by atoms with Crippen LogP contribution >= 0.6 is 22.9 Å². The molecule has 1 aliphatic heterocycles. The molecular weight excluding hydrogens is 520 g/mol. The van der Waals surface area contributed by atoms with Gasteiger partial charge in [-0.2, -0.15) is 0 Å². The Kier molecular flexibility index (Phi) is 7.55. The van der Waals surface area contributed by atoms with Gasteiger partial charge in [0, 0.05) is 17.3 Å². The van der Waals surface area contributed by atoms with Crippen LogP contribution in [0.4, 0.5) is 16.5 Å². The van der Waals surface area contributed by atoms with Gasteiger partial charge in [-0.1, -0.05) is 35.1 Å². The number of rotatable bonds is 8. The average molecular weight is 541 g/mol. The molecule has 0 unspecified atom stereocenters. The van der Waals surface area contributed by atoms with Gasteiger partial charge < -0.3 is 14.8 Å². The van der Waals surface area contributed by atoms with Gasteiger partial charge in [-0.05, 0) is 44.2 Å². The number of nitrogens with zero attached hydrogens (tertiary/aromatic N) is 2. The Bertz CT molecular complexity index is 1450. The molecule has 0 bridgehead atoms. The van der Waals surface area contributed by atoms with Crippen LogP contribution in [0.15, 0.2) is 59.3 Å². The van der Waals surface area contributed by atoms with Crippen LogP contribution in [0.5, 0.6) is 5.75 Å². The first-order chi connectivity index (χ1) is 17.7. The zero-order valence-electron chi connectivity index (χ0n) is 20.0. The summed E-state index contributed by atoms with van der Waals surface area (Å²) in [7, 11) is 1.48. The third-order valence-corrected chi connectivity index (χ3v) is 6.61. The molecule has 0 atom stereocenters. The summed E-state index contributed by atoms with van der Waals surface area (Å²) in [5.74, 6) is -1.86. The fourth-order valence-corrected chi connectivity index (χ4v) is 4.55. The van der Waals surface area contributed by atoms with Crippen LogP contribution in [-0.2, 0) is 14.3 Å². The minimum absolute atomic E-state index is 0.123. The van der Waals surface area contributed by atoms with Crippen molar-refractivity contribution in [2.24, 2.45) is 0 Å². The van der Waals surface area contributed by atoms with Gasteiger partial charge in [0.05, 0.1) is 25.1 Å². The monoisotopic (exact) mass is 540 g/mol. The molecule has 3 aromatic rings. The van der Waals surface area contributed by atoms with E-state index < -0.39 is 23.7 Å². The van der Waals surface area contributed by atoms with E-state index in [0.717, 1.165) is 16.2 Å². The van der Waals surface area contributed by atoms with E-state index in [0.29, 0.717) is 27.7 Å². The molecule has 0 spiro atoms. The summed E-state index contributed by atoms with van der Waals surface area (Å²) in [5, 5.41) is 5.46. The molecule has 4 rings (SSSR count). The van der Waals surface area contributed by atoms with Crippen LogP contribution in [0.1, 0.15) is 32.6 Å². The van der Waals surface area contributed by atoms with Crippen LogP contribution in [0, 0.1) is 6.92 Å². The van der Waals surface area contributed by atoms with Gasteiger partial charge in [0.2, 0.25) is 0 Å². The summed E-state index contributed by atoms with van der Waals surface area (Å²) >= 11 is 7.22. The Hall–Kier alpha value is -4.22. The smallest absolute Gasteiger partial charge is 0.350 e. The normalized spacial score (nSPS) is 13.1. The van der Waals surface area contributed by atoms with Crippen LogP contribution in [-0.4, -0.2) is 42.4 Å². The largest absolute Gasteiger partial charge is 0.497 e. The number of aryl methyl sites for hydroxylation is 1. The molecule has 10 nitrogen and oxygen atoms in total. The minimum atomic E-state index is -0.687. The summed E-state index contributed by atoms with van der Waals surface area (Å²) < 4.78 is 10.2. The second-order valence-corrected chi connectivity index (χ2v) is 9.03. The maximum atomic E-state index is 13.1. The van der Waals surface area contributed by atoms with E-state index in [-0.39, 0.29) is 28.0 Å². The van der Waals surface area contributed by atoms with Crippen molar-refractivity contribution in [2.75, 3.05) is 29.3 Å². The molecule has 3 amide bonds. The fraction of sp³-hybridized carbons (Fsp3) is 0.160. The molecule has 0 aliphatic carbocycles.